The van der Waals surface area contributed by atoms with E-state index in [1.807, 2.05) is 73.3 Å². The van der Waals surface area contributed by atoms with E-state index in [0.717, 1.165) is 22.6 Å². The van der Waals surface area contributed by atoms with Gasteiger partial charge in [0.15, 0.2) is 10.9 Å². The van der Waals surface area contributed by atoms with Crippen LogP contribution in [0, 0.1) is 5.92 Å². The van der Waals surface area contributed by atoms with Gasteiger partial charge in [0.1, 0.15) is 5.75 Å². The van der Waals surface area contributed by atoms with Crippen LogP contribution in [0.3, 0.4) is 0 Å². The Hall–Kier alpha value is -2.66. The lowest BCUT2D eigenvalue weighted by molar-refractivity contribution is 0.102. The Morgan fingerprint density at radius 2 is 1.79 bits per heavy atom. The minimum absolute atomic E-state index is 0.0154. The number of rotatable bonds is 7. The van der Waals surface area contributed by atoms with Crippen molar-refractivity contribution >= 4 is 23.1 Å². The Kier molecular flexibility index (Phi) is 6.70. The zero-order valence-electron chi connectivity index (χ0n) is 17.4. The maximum absolute atomic E-state index is 13.4. The fraction of sp³-hybridized carbons (Fsp3) is 0.333. The molecule has 0 saturated heterocycles. The summed E-state index contributed by atoms with van der Waals surface area (Å²) in [5.41, 5.74) is 3.28. The molecule has 0 fully saturated rings. The summed E-state index contributed by atoms with van der Waals surface area (Å²) in [4.78, 5) is 15.4. The third kappa shape index (κ3) is 4.67. The number of ether oxygens (including phenoxy) is 1. The maximum atomic E-state index is 13.4. The molecule has 2 aromatic carbocycles. The molecule has 0 saturated carbocycles. The molecule has 3 rings (SSSR count). The average Bonchev–Trinajstić information content (AvgIpc) is 2.73. The van der Waals surface area contributed by atoms with Gasteiger partial charge < -0.3 is 15.0 Å². The first kappa shape index (κ1) is 21.1. The monoisotopic (exact) mass is 408 g/mol. The predicted molar refractivity (Wildman–Crippen MR) is 121 cm³/mol. The molecular formula is C24H28N2O2S. The van der Waals surface area contributed by atoms with E-state index >= 15 is 0 Å². The van der Waals surface area contributed by atoms with Crippen molar-refractivity contribution < 1.29 is 9.53 Å². The van der Waals surface area contributed by atoms with E-state index in [9.17, 15) is 4.79 Å². The number of nitrogens with one attached hydrogen (secondary N) is 1. The van der Waals surface area contributed by atoms with Crippen molar-refractivity contribution in [2.24, 2.45) is 5.92 Å². The fourth-order valence-corrected chi connectivity index (χ4v) is 3.85. The Morgan fingerprint density at radius 3 is 2.38 bits per heavy atom. The smallest absolute Gasteiger partial charge is 0.193 e. The SMILES string of the molecule is CCN1C(=S)NC(c2ccc(OCC(C)C)cc2)C(C(=O)c2ccccc2)=C1C. The lowest BCUT2D eigenvalue weighted by Crippen LogP contribution is -2.47. The predicted octanol–water partition coefficient (Wildman–Crippen LogP) is 5.13. The maximum Gasteiger partial charge on any atom is 0.193 e. The zero-order chi connectivity index (χ0) is 21.0. The van der Waals surface area contributed by atoms with Gasteiger partial charge in [-0.1, -0.05) is 56.3 Å². The van der Waals surface area contributed by atoms with Gasteiger partial charge in [-0.3, -0.25) is 4.79 Å². The molecule has 152 valence electrons. The number of ketones is 1. The van der Waals surface area contributed by atoms with Crippen LogP contribution in [0.1, 0.15) is 49.7 Å². The lowest BCUT2D eigenvalue weighted by Gasteiger charge is -2.37. The molecule has 0 spiro atoms. The summed E-state index contributed by atoms with van der Waals surface area (Å²) in [6.07, 6.45) is 0. The van der Waals surface area contributed by atoms with Crippen molar-refractivity contribution in [1.82, 2.24) is 10.2 Å². The number of nitrogens with zero attached hydrogens (tertiary/aromatic N) is 1. The van der Waals surface area contributed by atoms with Crippen LogP contribution in [0.5, 0.6) is 5.75 Å². The summed E-state index contributed by atoms with van der Waals surface area (Å²) in [6, 6.07) is 17.0. The fourth-order valence-electron chi connectivity index (χ4n) is 3.47. The van der Waals surface area contributed by atoms with Crippen molar-refractivity contribution in [3.63, 3.8) is 0 Å². The van der Waals surface area contributed by atoms with Crippen LogP contribution in [0.15, 0.2) is 65.9 Å². The van der Waals surface area contributed by atoms with E-state index in [1.165, 1.54) is 0 Å². The normalized spacial score (nSPS) is 16.8. The summed E-state index contributed by atoms with van der Waals surface area (Å²) in [7, 11) is 0. The van der Waals surface area contributed by atoms with E-state index in [2.05, 4.69) is 19.2 Å². The van der Waals surface area contributed by atoms with Gasteiger partial charge in [0.25, 0.3) is 0 Å². The van der Waals surface area contributed by atoms with Gasteiger partial charge in [0.2, 0.25) is 0 Å². The Morgan fingerprint density at radius 1 is 1.14 bits per heavy atom. The molecule has 0 amide bonds. The van der Waals surface area contributed by atoms with Gasteiger partial charge in [0.05, 0.1) is 12.6 Å². The van der Waals surface area contributed by atoms with Crippen molar-refractivity contribution in [3.8, 4) is 5.75 Å². The number of Topliss-reactive ketones (excluding diaryl/α,β-unsaturated/α-hetero) is 1. The molecule has 2 aromatic rings. The summed E-state index contributed by atoms with van der Waals surface area (Å²) < 4.78 is 5.80. The third-order valence-corrected chi connectivity index (χ3v) is 5.33. The highest BCUT2D eigenvalue weighted by Crippen LogP contribution is 2.33. The molecule has 0 aliphatic carbocycles. The number of benzene rings is 2. The van der Waals surface area contributed by atoms with Crippen molar-refractivity contribution in [2.45, 2.75) is 33.7 Å². The number of hydrogen-bond acceptors (Lipinski definition) is 3. The molecule has 1 N–H and O–H groups in total. The van der Waals surface area contributed by atoms with Gasteiger partial charge >= 0.3 is 0 Å². The van der Waals surface area contributed by atoms with Crippen LogP contribution in [0.4, 0.5) is 0 Å². The molecule has 4 nitrogen and oxygen atoms in total. The van der Waals surface area contributed by atoms with Crippen LogP contribution in [-0.4, -0.2) is 28.9 Å². The molecule has 29 heavy (non-hydrogen) atoms. The van der Waals surface area contributed by atoms with Gasteiger partial charge in [-0.05, 0) is 49.7 Å². The third-order valence-electron chi connectivity index (χ3n) is 4.99. The second-order valence-corrected chi connectivity index (χ2v) is 7.98. The van der Waals surface area contributed by atoms with E-state index in [1.54, 1.807) is 0 Å². The Labute approximate surface area is 178 Å². The highest BCUT2D eigenvalue weighted by Gasteiger charge is 2.33. The number of allylic oxidation sites excluding steroid dienone is 1. The molecule has 1 atom stereocenters. The molecule has 1 aliphatic rings. The largest absolute Gasteiger partial charge is 0.493 e. The number of carbonyl (C=O) groups is 1. The topological polar surface area (TPSA) is 41.6 Å². The van der Waals surface area contributed by atoms with E-state index in [-0.39, 0.29) is 11.8 Å². The molecular weight excluding hydrogens is 380 g/mol. The molecule has 0 radical (unpaired) electrons. The molecule has 1 unspecified atom stereocenters. The van der Waals surface area contributed by atoms with Crippen LogP contribution >= 0.6 is 12.2 Å². The van der Waals surface area contributed by atoms with Crippen molar-refractivity contribution in [3.05, 3.63) is 77.0 Å². The standard InChI is InChI=1S/C24H28N2O2S/c1-5-26-17(4)21(23(27)19-9-7-6-8-10-19)22(25-24(26)29)18-11-13-20(14-12-18)28-15-16(2)3/h6-14,16,22H,5,15H2,1-4H3,(H,25,29). The van der Waals surface area contributed by atoms with Gasteiger partial charge in [-0.15, -0.1) is 0 Å². The molecule has 5 heteroatoms. The molecule has 1 heterocycles. The first-order valence-corrected chi connectivity index (χ1v) is 10.4. The summed E-state index contributed by atoms with van der Waals surface area (Å²) >= 11 is 5.58. The lowest BCUT2D eigenvalue weighted by atomic mass is 9.89. The van der Waals surface area contributed by atoms with E-state index in [4.69, 9.17) is 17.0 Å². The Bertz CT molecular complexity index is 904. The van der Waals surface area contributed by atoms with Crippen molar-refractivity contribution in [1.29, 1.82) is 0 Å². The minimum atomic E-state index is -0.294. The minimum Gasteiger partial charge on any atom is -0.493 e. The first-order valence-electron chi connectivity index (χ1n) is 10.0. The quantitative estimate of drug-likeness (QED) is 0.508. The van der Waals surface area contributed by atoms with Crippen LogP contribution < -0.4 is 10.1 Å². The zero-order valence-corrected chi connectivity index (χ0v) is 18.3. The number of thiocarbonyl (C=S) groups is 1. The highest BCUT2D eigenvalue weighted by atomic mass is 32.1. The number of hydrogen-bond donors (Lipinski definition) is 1. The van der Waals surface area contributed by atoms with Crippen LogP contribution in [-0.2, 0) is 0 Å². The van der Waals surface area contributed by atoms with Crippen molar-refractivity contribution in [2.75, 3.05) is 13.2 Å². The molecule has 0 aromatic heterocycles. The summed E-state index contributed by atoms with van der Waals surface area (Å²) in [6.45, 7) is 9.63. The highest BCUT2D eigenvalue weighted by molar-refractivity contribution is 7.80. The van der Waals surface area contributed by atoms with E-state index < -0.39 is 0 Å². The van der Waals surface area contributed by atoms with Gasteiger partial charge in [0, 0.05) is 23.4 Å². The summed E-state index contributed by atoms with van der Waals surface area (Å²) in [5.74, 6) is 1.31. The second kappa shape index (κ2) is 9.23. The first-order chi connectivity index (χ1) is 13.9. The molecule has 1 aliphatic heterocycles. The van der Waals surface area contributed by atoms with Crippen LogP contribution in [0.2, 0.25) is 0 Å². The average molecular weight is 409 g/mol. The van der Waals surface area contributed by atoms with Gasteiger partial charge in [-0.2, -0.15) is 0 Å². The summed E-state index contributed by atoms with van der Waals surface area (Å²) in [5, 5.41) is 4.01. The Balaban J connectivity index is 1.98. The van der Waals surface area contributed by atoms with E-state index in [0.29, 0.717) is 29.7 Å². The number of carbonyl (C=O) groups excluding carboxylic acids is 1. The second-order valence-electron chi connectivity index (χ2n) is 7.59. The van der Waals surface area contributed by atoms with Gasteiger partial charge in [-0.25, -0.2) is 0 Å². The molecule has 0 bridgehead atoms. The van der Waals surface area contributed by atoms with Crippen LogP contribution in [0.25, 0.3) is 0 Å².